The molecule has 0 fully saturated rings. The van der Waals surface area contributed by atoms with E-state index in [1.54, 1.807) is 18.2 Å². The number of carbonyl (C=O) groups is 1. The molecule has 0 radical (unpaired) electrons. The van der Waals surface area contributed by atoms with Gasteiger partial charge in [0, 0.05) is 12.6 Å². The maximum atomic E-state index is 11.2. The summed E-state index contributed by atoms with van der Waals surface area (Å²) in [5.74, 6) is 0.114. The average Bonchev–Trinajstić information content (AvgIpc) is 2.35. The van der Waals surface area contributed by atoms with Crippen LogP contribution in [-0.2, 0) is 4.79 Å². The third kappa shape index (κ3) is 4.16. The molecule has 0 atom stereocenters. The molecule has 5 heteroatoms. The average molecular weight is 237 g/mol. The molecule has 5 nitrogen and oxygen atoms in total. The highest BCUT2D eigenvalue weighted by Crippen LogP contribution is 2.26. The van der Waals surface area contributed by atoms with Crippen molar-refractivity contribution in [1.29, 1.82) is 0 Å². The number of aromatic hydroxyl groups is 1. The SMILES string of the molecule is COc1cc(C=CC(=O)NCCO)ccc1O. The molecule has 0 saturated heterocycles. The minimum atomic E-state index is -0.286. The number of methoxy groups -OCH3 is 1. The van der Waals surface area contributed by atoms with Gasteiger partial charge in [0.15, 0.2) is 11.5 Å². The van der Waals surface area contributed by atoms with Gasteiger partial charge in [-0.25, -0.2) is 0 Å². The largest absolute Gasteiger partial charge is 0.504 e. The summed E-state index contributed by atoms with van der Waals surface area (Å²) in [5, 5.41) is 20.4. The molecular formula is C12H15NO4. The van der Waals surface area contributed by atoms with Gasteiger partial charge in [0.1, 0.15) is 0 Å². The molecule has 0 unspecified atom stereocenters. The molecule has 92 valence electrons. The second kappa shape index (κ2) is 6.55. The number of carbonyl (C=O) groups excluding carboxylic acids is 1. The summed E-state index contributed by atoms with van der Waals surface area (Å²) in [7, 11) is 1.45. The zero-order valence-electron chi connectivity index (χ0n) is 9.51. The van der Waals surface area contributed by atoms with Gasteiger partial charge in [0.25, 0.3) is 0 Å². The first kappa shape index (κ1) is 13.1. The first-order valence-electron chi connectivity index (χ1n) is 5.11. The number of hydrogen-bond acceptors (Lipinski definition) is 4. The van der Waals surface area contributed by atoms with E-state index < -0.39 is 0 Å². The van der Waals surface area contributed by atoms with Crippen molar-refractivity contribution in [2.24, 2.45) is 0 Å². The van der Waals surface area contributed by atoms with Gasteiger partial charge < -0.3 is 20.3 Å². The van der Waals surface area contributed by atoms with E-state index >= 15 is 0 Å². The highest BCUT2D eigenvalue weighted by molar-refractivity contribution is 5.91. The maximum Gasteiger partial charge on any atom is 0.244 e. The minimum absolute atomic E-state index is 0.0504. The van der Waals surface area contributed by atoms with Gasteiger partial charge in [0.2, 0.25) is 5.91 Å². The summed E-state index contributed by atoms with van der Waals surface area (Å²) in [5.41, 5.74) is 0.735. The van der Waals surface area contributed by atoms with Crippen molar-refractivity contribution >= 4 is 12.0 Å². The lowest BCUT2D eigenvalue weighted by atomic mass is 10.2. The van der Waals surface area contributed by atoms with E-state index in [1.807, 2.05) is 0 Å². The number of rotatable bonds is 5. The summed E-state index contributed by atoms with van der Waals surface area (Å²) in [6, 6.07) is 4.77. The Kier molecular flexibility index (Phi) is 5.03. The summed E-state index contributed by atoms with van der Waals surface area (Å²) >= 11 is 0. The summed E-state index contributed by atoms with van der Waals surface area (Å²) in [6.07, 6.45) is 2.94. The van der Waals surface area contributed by atoms with Crippen LogP contribution in [0.25, 0.3) is 6.08 Å². The Bertz CT molecular complexity index is 415. The van der Waals surface area contributed by atoms with Gasteiger partial charge in [-0.15, -0.1) is 0 Å². The molecule has 0 bridgehead atoms. The van der Waals surface area contributed by atoms with Crippen molar-refractivity contribution < 1.29 is 19.7 Å². The topological polar surface area (TPSA) is 78.8 Å². The van der Waals surface area contributed by atoms with Crippen molar-refractivity contribution in [3.63, 3.8) is 0 Å². The van der Waals surface area contributed by atoms with Crippen LogP contribution < -0.4 is 10.1 Å². The molecule has 1 rings (SSSR count). The lowest BCUT2D eigenvalue weighted by molar-refractivity contribution is -0.116. The van der Waals surface area contributed by atoms with Crippen molar-refractivity contribution in [3.8, 4) is 11.5 Å². The maximum absolute atomic E-state index is 11.2. The van der Waals surface area contributed by atoms with E-state index in [0.29, 0.717) is 5.75 Å². The molecule has 0 aromatic heterocycles. The Morgan fingerprint density at radius 3 is 2.94 bits per heavy atom. The monoisotopic (exact) mass is 237 g/mol. The smallest absolute Gasteiger partial charge is 0.244 e. The number of hydrogen-bond donors (Lipinski definition) is 3. The van der Waals surface area contributed by atoms with Gasteiger partial charge in [-0.05, 0) is 23.8 Å². The quantitative estimate of drug-likeness (QED) is 0.652. The second-order valence-electron chi connectivity index (χ2n) is 3.28. The summed E-state index contributed by atoms with van der Waals surface area (Å²) in [4.78, 5) is 11.2. The molecule has 0 aliphatic rings. The molecule has 17 heavy (non-hydrogen) atoms. The zero-order chi connectivity index (χ0) is 12.7. The van der Waals surface area contributed by atoms with E-state index in [1.165, 1.54) is 19.3 Å². The van der Waals surface area contributed by atoms with Crippen LogP contribution in [0.4, 0.5) is 0 Å². The van der Waals surface area contributed by atoms with Crippen LogP contribution in [0, 0.1) is 0 Å². The minimum Gasteiger partial charge on any atom is -0.504 e. The molecule has 1 aromatic rings. The Labute approximate surface area is 99.3 Å². The first-order valence-corrected chi connectivity index (χ1v) is 5.11. The van der Waals surface area contributed by atoms with Gasteiger partial charge in [-0.3, -0.25) is 4.79 Å². The standard InChI is InChI=1S/C12H15NO4/c1-17-11-8-9(2-4-10(11)15)3-5-12(16)13-6-7-14/h2-5,8,14-15H,6-7H2,1H3,(H,13,16). The molecule has 0 spiro atoms. The lowest BCUT2D eigenvalue weighted by Gasteiger charge is -2.03. The van der Waals surface area contributed by atoms with E-state index in [2.05, 4.69) is 5.32 Å². The predicted molar refractivity (Wildman–Crippen MR) is 63.8 cm³/mol. The van der Waals surface area contributed by atoms with E-state index in [4.69, 9.17) is 9.84 Å². The molecule has 0 aliphatic carbocycles. The predicted octanol–water partition coefficient (Wildman–Crippen LogP) is 0.522. The Morgan fingerprint density at radius 1 is 1.53 bits per heavy atom. The van der Waals surface area contributed by atoms with Gasteiger partial charge in [0.05, 0.1) is 13.7 Å². The molecule has 0 heterocycles. The lowest BCUT2D eigenvalue weighted by Crippen LogP contribution is -2.24. The fourth-order valence-electron chi connectivity index (χ4n) is 1.21. The molecule has 0 aliphatic heterocycles. The summed E-state index contributed by atoms with van der Waals surface area (Å²) in [6.45, 7) is 0.134. The van der Waals surface area contributed by atoms with Crippen LogP contribution in [0.1, 0.15) is 5.56 Å². The van der Waals surface area contributed by atoms with Gasteiger partial charge >= 0.3 is 0 Å². The van der Waals surface area contributed by atoms with E-state index in [0.717, 1.165) is 5.56 Å². The van der Waals surface area contributed by atoms with Crippen LogP contribution in [0.3, 0.4) is 0 Å². The van der Waals surface area contributed by atoms with Gasteiger partial charge in [-0.1, -0.05) is 6.07 Å². The van der Waals surface area contributed by atoms with E-state index in [9.17, 15) is 9.90 Å². The van der Waals surface area contributed by atoms with Crippen molar-refractivity contribution in [2.45, 2.75) is 0 Å². The molecule has 1 aromatic carbocycles. The fourth-order valence-corrected chi connectivity index (χ4v) is 1.21. The summed E-state index contributed by atoms with van der Waals surface area (Å²) < 4.78 is 4.94. The van der Waals surface area contributed by atoms with Crippen LogP contribution in [-0.4, -0.2) is 36.4 Å². The Hall–Kier alpha value is -2.01. The highest BCUT2D eigenvalue weighted by Gasteiger charge is 2.00. The Balaban J connectivity index is 2.68. The van der Waals surface area contributed by atoms with Crippen LogP contribution in [0.2, 0.25) is 0 Å². The number of nitrogens with one attached hydrogen (secondary N) is 1. The number of ether oxygens (including phenoxy) is 1. The number of aliphatic hydroxyl groups is 1. The van der Waals surface area contributed by atoms with Gasteiger partial charge in [-0.2, -0.15) is 0 Å². The molecule has 0 saturated carbocycles. The number of phenolic OH excluding ortho intramolecular Hbond substituents is 1. The van der Waals surface area contributed by atoms with E-state index in [-0.39, 0.29) is 24.8 Å². The van der Waals surface area contributed by atoms with Crippen LogP contribution in [0.15, 0.2) is 24.3 Å². The molecular weight excluding hydrogens is 222 g/mol. The van der Waals surface area contributed by atoms with Crippen molar-refractivity contribution in [1.82, 2.24) is 5.32 Å². The third-order valence-corrected chi connectivity index (χ3v) is 2.04. The first-order chi connectivity index (χ1) is 8.17. The second-order valence-corrected chi connectivity index (χ2v) is 3.28. The zero-order valence-corrected chi connectivity index (χ0v) is 9.51. The number of amides is 1. The fraction of sp³-hybridized carbons (Fsp3) is 0.250. The van der Waals surface area contributed by atoms with Crippen LogP contribution >= 0.6 is 0 Å². The number of phenols is 1. The van der Waals surface area contributed by atoms with Crippen molar-refractivity contribution in [2.75, 3.05) is 20.3 Å². The number of aliphatic hydroxyl groups excluding tert-OH is 1. The molecule has 1 amide bonds. The van der Waals surface area contributed by atoms with Crippen molar-refractivity contribution in [3.05, 3.63) is 29.8 Å². The third-order valence-electron chi connectivity index (χ3n) is 2.04. The normalized spacial score (nSPS) is 10.5. The highest BCUT2D eigenvalue weighted by atomic mass is 16.5. The molecule has 3 N–H and O–H groups in total. The van der Waals surface area contributed by atoms with Crippen LogP contribution in [0.5, 0.6) is 11.5 Å². The number of benzene rings is 1. The Morgan fingerprint density at radius 2 is 2.29 bits per heavy atom.